The summed E-state index contributed by atoms with van der Waals surface area (Å²) in [5.41, 5.74) is 0.0308. The molecule has 0 heterocycles. The van der Waals surface area contributed by atoms with Gasteiger partial charge in [-0.05, 0) is 26.9 Å². The van der Waals surface area contributed by atoms with Crippen LogP contribution in [0.15, 0.2) is 48.6 Å². The molecule has 16 heavy (non-hydrogen) atoms. The summed E-state index contributed by atoms with van der Waals surface area (Å²) in [5, 5.41) is 0. The van der Waals surface area contributed by atoms with Crippen LogP contribution in [0.3, 0.4) is 0 Å². The molecule has 0 spiro atoms. The monoisotopic (exact) mass is 279 g/mol. The van der Waals surface area contributed by atoms with Crippen LogP contribution in [0.4, 0.5) is 0 Å². The molecule has 0 N–H and O–H groups in total. The lowest BCUT2D eigenvalue weighted by molar-refractivity contribution is 0.176. The number of nitrogens with zero attached hydrogens (tertiary/aromatic N) is 1. The van der Waals surface area contributed by atoms with Crippen LogP contribution >= 0.6 is 15.9 Å². The molecule has 0 aliphatic heterocycles. The van der Waals surface area contributed by atoms with Gasteiger partial charge in [-0.1, -0.05) is 64.5 Å². The van der Waals surface area contributed by atoms with Gasteiger partial charge in [0, 0.05) is 0 Å². The van der Waals surface area contributed by atoms with E-state index in [-0.39, 0.29) is 9.86 Å². The van der Waals surface area contributed by atoms with E-state index in [0.29, 0.717) is 0 Å². The lowest BCUT2D eigenvalue weighted by Crippen LogP contribution is -2.57. The normalized spacial score (nSPS) is 37.2. The molecule has 0 aromatic carbocycles. The Morgan fingerprint density at radius 2 is 1.56 bits per heavy atom. The van der Waals surface area contributed by atoms with Crippen molar-refractivity contribution in [3.8, 4) is 0 Å². The topological polar surface area (TPSA) is 3.24 Å². The predicted octanol–water partition coefficient (Wildman–Crippen LogP) is 3.45. The van der Waals surface area contributed by atoms with Gasteiger partial charge in [0.05, 0.1) is 9.86 Å². The number of likely N-dealkylation sites (N-methyl/N-ethyl adjacent to an activating group) is 1. The molecule has 2 aliphatic rings. The molecule has 0 bridgehead atoms. The van der Waals surface area contributed by atoms with E-state index in [1.165, 1.54) is 0 Å². The highest BCUT2D eigenvalue weighted by Gasteiger charge is 2.47. The third-order valence-electron chi connectivity index (χ3n) is 3.59. The summed E-state index contributed by atoms with van der Waals surface area (Å²) >= 11 is 3.95. The van der Waals surface area contributed by atoms with Crippen LogP contribution in [-0.4, -0.2) is 28.9 Å². The average molecular weight is 280 g/mol. The van der Waals surface area contributed by atoms with Gasteiger partial charge in [-0.25, -0.2) is 0 Å². The third-order valence-corrected chi connectivity index (χ3v) is 4.86. The molecule has 2 unspecified atom stereocenters. The quantitative estimate of drug-likeness (QED) is 0.700. The number of alkyl halides is 1. The highest BCUT2D eigenvalue weighted by molar-refractivity contribution is 9.10. The summed E-state index contributed by atoms with van der Waals surface area (Å²) in [4.78, 5) is 2.31. The van der Waals surface area contributed by atoms with Gasteiger partial charge in [0.2, 0.25) is 0 Å². The second-order valence-corrected chi connectivity index (χ2v) is 6.08. The minimum atomic E-state index is -0.000486. The van der Waals surface area contributed by atoms with Crippen molar-refractivity contribution in [1.82, 2.24) is 4.90 Å². The number of hydrogen-bond donors (Lipinski definition) is 0. The van der Waals surface area contributed by atoms with E-state index in [4.69, 9.17) is 0 Å². The van der Waals surface area contributed by atoms with E-state index >= 15 is 0 Å². The molecule has 0 saturated heterocycles. The van der Waals surface area contributed by atoms with Crippen LogP contribution < -0.4 is 0 Å². The van der Waals surface area contributed by atoms with Crippen LogP contribution in [0, 0.1) is 0 Å². The van der Waals surface area contributed by atoms with Crippen molar-refractivity contribution in [3.05, 3.63) is 48.6 Å². The third kappa shape index (κ3) is 1.74. The van der Waals surface area contributed by atoms with Gasteiger partial charge in [0.25, 0.3) is 0 Å². The Morgan fingerprint density at radius 3 is 2.00 bits per heavy atom. The minimum Gasteiger partial charge on any atom is -0.298 e. The fraction of sp³-hybridized carbons (Fsp3) is 0.429. The summed E-state index contributed by atoms with van der Waals surface area (Å²) in [7, 11) is 4.30. The fourth-order valence-electron chi connectivity index (χ4n) is 2.54. The zero-order valence-electron chi connectivity index (χ0n) is 9.86. The molecule has 0 saturated carbocycles. The standard InChI is InChI=1S/C14H18BrN/c1-16(2)14(11-7-4-8-12-14)13(15)9-5-3-6-10-13/h3-9,11H,10,12H2,1-2H3. The number of halogens is 1. The maximum absolute atomic E-state index is 3.95. The van der Waals surface area contributed by atoms with E-state index in [0.717, 1.165) is 12.8 Å². The lowest BCUT2D eigenvalue weighted by Gasteiger charge is -2.49. The Hall–Kier alpha value is -0.600. The maximum atomic E-state index is 3.95. The van der Waals surface area contributed by atoms with Gasteiger partial charge in [-0.3, -0.25) is 4.90 Å². The van der Waals surface area contributed by atoms with Crippen molar-refractivity contribution in [2.45, 2.75) is 22.7 Å². The Morgan fingerprint density at radius 1 is 0.938 bits per heavy atom. The zero-order valence-corrected chi connectivity index (χ0v) is 11.4. The molecular formula is C14H18BrN. The largest absolute Gasteiger partial charge is 0.298 e. The Labute approximate surface area is 106 Å². The first-order valence-corrected chi connectivity index (χ1v) is 6.45. The summed E-state index contributed by atoms with van der Waals surface area (Å²) in [6.45, 7) is 0. The molecule has 0 aromatic rings. The molecule has 2 heteroatoms. The highest BCUT2D eigenvalue weighted by Crippen LogP contribution is 2.45. The molecule has 2 atom stereocenters. The fourth-order valence-corrected chi connectivity index (χ4v) is 3.52. The van der Waals surface area contributed by atoms with Crippen LogP contribution in [0.25, 0.3) is 0 Å². The summed E-state index contributed by atoms with van der Waals surface area (Å²) in [6.07, 6.45) is 19.7. The molecule has 0 aromatic heterocycles. The van der Waals surface area contributed by atoms with Gasteiger partial charge in [-0.2, -0.15) is 0 Å². The van der Waals surface area contributed by atoms with Gasteiger partial charge in [0.1, 0.15) is 0 Å². The van der Waals surface area contributed by atoms with Crippen LogP contribution in [-0.2, 0) is 0 Å². The van der Waals surface area contributed by atoms with Crippen molar-refractivity contribution < 1.29 is 0 Å². The van der Waals surface area contributed by atoms with Gasteiger partial charge in [0.15, 0.2) is 0 Å². The van der Waals surface area contributed by atoms with Gasteiger partial charge >= 0.3 is 0 Å². The van der Waals surface area contributed by atoms with Crippen molar-refractivity contribution >= 4 is 15.9 Å². The van der Waals surface area contributed by atoms with Crippen LogP contribution in [0.2, 0.25) is 0 Å². The van der Waals surface area contributed by atoms with Crippen LogP contribution in [0.1, 0.15) is 12.8 Å². The first-order valence-electron chi connectivity index (χ1n) is 5.66. The molecule has 1 nitrogen and oxygen atoms in total. The summed E-state index contributed by atoms with van der Waals surface area (Å²) in [6, 6.07) is 0. The van der Waals surface area contributed by atoms with Crippen LogP contribution in [0.5, 0.6) is 0 Å². The Bertz CT molecular complexity index is 378. The number of hydrogen-bond acceptors (Lipinski definition) is 1. The second kappa shape index (κ2) is 4.34. The molecule has 0 amide bonds. The molecule has 2 aliphatic carbocycles. The second-order valence-electron chi connectivity index (χ2n) is 4.66. The number of rotatable bonds is 2. The van der Waals surface area contributed by atoms with E-state index in [1.54, 1.807) is 0 Å². The van der Waals surface area contributed by atoms with Crippen molar-refractivity contribution in [1.29, 1.82) is 0 Å². The van der Waals surface area contributed by atoms with E-state index in [1.807, 2.05) is 0 Å². The molecule has 2 rings (SSSR count). The summed E-state index contributed by atoms with van der Waals surface area (Å²) < 4.78 is -0.000486. The number of allylic oxidation sites excluding steroid dienone is 5. The van der Waals surface area contributed by atoms with Crippen molar-refractivity contribution in [2.75, 3.05) is 14.1 Å². The van der Waals surface area contributed by atoms with Crippen molar-refractivity contribution in [2.24, 2.45) is 0 Å². The predicted molar refractivity (Wildman–Crippen MR) is 73.9 cm³/mol. The Balaban J connectivity index is 2.40. The van der Waals surface area contributed by atoms with Gasteiger partial charge in [-0.15, -0.1) is 0 Å². The minimum absolute atomic E-state index is 0.000486. The first kappa shape index (κ1) is 11.9. The van der Waals surface area contributed by atoms with Gasteiger partial charge < -0.3 is 0 Å². The Kier molecular flexibility index (Phi) is 3.22. The molecular weight excluding hydrogens is 262 g/mol. The van der Waals surface area contributed by atoms with E-state index in [2.05, 4.69) is 83.5 Å². The van der Waals surface area contributed by atoms with E-state index in [9.17, 15) is 0 Å². The molecule has 86 valence electrons. The van der Waals surface area contributed by atoms with Crippen molar-refractivity contribution in [3.63, 3.8) is 0 Å². The lowest BCUT2D eigenvalue weighted by atomic mass is 9.74. The molecule has 0 radical (unpaired) electrons. The smallest absolute Gasteiger partial charge is 0.0696 e. The SMILES string of the molecule is CN(C)C1(C2(Br)C=CC=CC2)C=CC=CC1. The zero-order chi connectivity index (χ0) is 11.6. The van der Waals surface area contributed by atoms with E-state index < -0.39 is 0 Å². The highest BCUT2D eigenvalue weighted by atomic mass is 79.9. The maximum Gasteiger partial charge on any atom is 0.0696 e. The molecule has 0 fully saturated rings. The average Bonchev–Trinajstić information content (AvgIpc) is 2.30. The first-order chi connectivity index (χ1) is 7.61. The summed E-state index contributed by atoms with van der Waals surface area (Å²) in [5.74, 6) is 0.